The average Bonchev–Trinajstić information content (AvgIpc) is 1.80. The molecule has 10 heavy (non-hydrogen) atoms. The first kappa shape index (κ1) is 11.6. The molecule has 0 aromatic rings. The van der Waals surface area contributed by atoms with Gasteiger partial charge in [0.05, 0.1) is 6.10 Å². The van der Waals surface area contributed by atoms with E-state index in [0.29, 0.717) is 5.92 Å². The summed E-state index contributed by atoms with van der Waals surface area (Å²) in [5.41, 5.74) is 0. The molecule has 56 valence electrons. The van der Waals surface area contributed by atoms with Gasteiger partial charge >= 0.3 is 51.4 Å². The van der Waals surface area contributed by atoms with Gasteiger partial charge in [-0.25, -0.2) is 0 Å². The number of hydrogen-bond acceptors (Lipinski definition) is 1. The van der Waals surface area contributed by atoms with E-state index in [1.165, 1.54) is 12.8 Å². The molecule has 1 rings (SSSR count). The van der Waals surface area contributed by atoms with Crippen LogP contribution in [0.5, 0.6) is 0 Å². The quantitative estimate of drug-likeness (QED) is 0.538. The first-order chi connectivity index (χ1) is 4.20. The van der Waals surface area contributed by atoms with Crippen LogP contribution in [0.25, 0.3) is 0 Å². The summed E-state index contributed by atoms with van der Waals surface area (Å²) in [6, 6.07) is 0. The molecule has 3 unspecified atom stereocenters. The van der Waals surface area contributed by atoms with E-state index in [4.69, 9.17) is 0 Å². The Bertz CT molecular complexity index is 95.3. The van der Waals surface area contributed by atoms with Crippen LogP contribution in [-0.2, 0) is 0 Å². The zero-order valence-corrected chi connectivity index (χ0v) is 6.30. The summed E-state index contributed by atoms with van der Waals surface area (Å²) in [4.78, 5) is 0. The van der Waals surface area contributed by atoms with Gasteiger partial charge in [-0.3, -0.25) is 0 Å². The number of aliphatic hydroxyl groups excluding tert-OH is 1. The van der Waals surface area contributed by atoms with Gasteiger partial charge in [0, 0.05) is 0 Å². The second-order valence-electron chi connectivity index (χ2n) is 3.46. The van der Waals surface area contributed by atoms with Crippen molar-refractivity contribution in [3.63, 3.8) is 0 Å². The predicted octanol–water partition coefficient (Wildman–Crippen LogP) is 1.15. The van der Waals surface area contributed by atoms with E-state index < -0.39 is 0 Å². The summed E-state index contributed by atoms with van der Waals surface area (Å²) in [6.45, 7) is 4.35. The molecular weight excluding hydrogens is 151 g/mol. The van der Waals surface area contributed by atoms with Crippen molar-refractivity contribution < 1.29 is 5.11 Å². The van der Waals surface area contributed by atoms with Crippen molar-refractivity contribution in [2.45, 2.75) is 39.2 Å². The first-order valence-electron chi connectivity index (χ1n) is 3.88. The molecule has 0 heterocycles. The third kappa shape index (κ3) is 3.33. The van der Waals surface area contributed by atoms with Crippen LogP contribution in [0, 0.1) is 11.8 Å². The van der Waals surface area contributed by atoms with Gasteiger partial charge in [0.2, 0.25) is 0 Å². The van der Waals surface area contributed by atoms with Crippen molar-refractivity contribution in [1.82, 2.24) is 0 Å². The molecule has 1 aliphatic rings. The zero-order chi connectivity index (χ0) is 6.85. The summed E-state index contributed by atoms with van der Waals surface area (Å²) in [6.07, 6.45) is 3.51. The molecule has 1 saturated carbocycles. The molecule has 0 amide bonds. The Kier molecular flexibility index (Phi) is 6.12. The van der Waals surface area contributed by atoms with Gasteiger partial charge in [0.25, 0.3) is 0 Å². The van der Waals surface area contributed by atoms with Gasteiger partial charge in [0.1, 0.15) is 0 Å². The Balaban J connectivity index is 0.000000810. The molecule has 0 aromatic carbocycles. The Hall–Kier alpha value is 1.60. The van der Waals surface area contributed by atoms with Gasteiger partial charge in [0.15, 0.2) is 0 Å². The van der Waals surface area contributed by atoms with Crippen LogP contribution in [0.2, 0.25) is 0 Å². The standard InChI is InChI=1S/C8H16O.K.H/c1-6-3-4-7(2)8(9)5-6;;/h6-9H,3-5H2,1-2H3;;. The second kappa shape index (κ2) is 5.28. The van der Waals surface area contributed by atoms with E-state index in [9.17, 15) is 5.11 Å². The summed E-state index contributed by atoms with van der Waals surface area (Å²) in [5.74, 6) is 1.29. The van der Waals surface area contributed by atoms with Crippen LogP contribution < -0.4 is 0 Å². The van der Waals surface area contributed by atoms with Gasteiger partial charge in [-0.15, -0.1) is 0 Å². The van der Waals surface area contributed by atoms with Crippen LogP contribution in [0.3, 0.4) is 0 Å². The fraction of sp³-hybridized carbons (Fsp3) is 1.00. The predicted molar refractivity (Wildman–Crippen MR) is 45.3 cm³/mol. The zero-order valence-electron chi connectivity index (χ0n) is 6.30. The Morgan fingerprint density at radius 2 is 1.80 bits per heavy atom. The van der Waals surface area contributed by atoms with E-state index >= 15 is 0 Å². The van der Waals surface area contributed by atoms with Crippen LogP contribution in [0.1, 0.15) is 33.1 Å². The molecule has 0 spiro atoms. The number of aliphatic hydroxyl groups is 1. The summed E-state index contributed by atoms with van der Waals surface area (Å²) < 4.78 is 0. The molecule has 2 heteroatoms. The minimum absolute atomic E-state index is 0. The molecular formula is C8H17KO. The molecule has 3 atom stereocenters. The topological polar surface area (TPSA) is 20.2 Å². The molecule has 0 aromatic heterocycles. The van der Waals surface area contributed by atoms with Crippen LogP contribution in [0.4, 0.5) is 0 Å². The minimum atomic E-state index is -0.0197. The average molecular weight is 168 g/mol. The van der Waals surface area contributed by atoms with Crippen LogP contribution in [-0.4, -0.2) is 62.6 Å². The summed E-state index contributed by atoms with van der Waals surface area (Å²) in [7, 11) is 0. The van der Waals surface area contributed by atoms with Crippen LogP contribution >= 0.6 is 0 Å². The van der Waals surface area contributed by atoms with Crippen molar-refractivity contribution in [3.8, 4) is 0 Å². The Morgan fingerprint density at radius 3 is 2.20 bits per heavy atom. The van der Waals surface area contributed by atoms with E-state index in [2.05, 4.69) is 13.8 Å². The first-order valence-corrected chi connectivity index (χ1v) is 3.88. The summed E-state index contributed by atoms with van der Waals surface area (Å²) >= 11 is 0. The Morgan fingerprint density at radius 1 is 1.20 bits per heavy atom. The summed E-state index contributed by atoms with van der Waals surface area (Å²) in [5, 5.41) is 9.35. The van der Waals surface area contributed by atoms with E-state index in [-0.39, 0.29) is 57.5 Å². The van der Waals surface area contributed by atoms with Crippen molar-refractivity contribution in [3.05, 3.63) is 0 Å². The second-order valence-corrected chi connectivity index (χ2v) is 3.46. The van der Waals surface area contributed by atoms with E-state index in [0.717, 1.165) is 12.3 Å². The normalized spacial score (nSPS) is 40.5. The van der Waals surface area contributed by atoms with Gasteiger partial charge in [-0.1, -0.05) is 20.3 Å². The van der Waals surface area contributed by atoms with Gasteiger partial charge in [-0.2, -0.15) is 0 Å². The Labute approximate surface area is 106 Å². The van der Waals surface area contributed by atoms with Crippen LogP contribution in [0.15, 0.2) is 0 Å². The number of rotatable bonds is 0. The van der Waals surface area contributed by atoms with E-state index in [1.54, 1.807) is 0 Å². The SMILES string of the molecule is CC1CCC(C)C(O)C1.[KH]. The molecule has 1 fully saturated rings. The molecule has 0 saturated heterocycles. The van der Waals surface area contributed by atoms with Crippen molar-refractivity contribution in [2.75, 3.05) is 0 Å². The molecule has 0 bridgehead atoms. The fourth-order valence-electron chi connectivity index (χ4n) is 1.50. The van der Waals surface area contributed by atoms with Gasteiger partial charge < -0.3 is 5.11 Å². The molecule has 0 radical (unpaired) electrons. The fourth-order valence-corrected chi connectivity index (χ4v) is 1.50. The van der Waals surface area contributed by atoms with Crippen molar-refractivity contribution in [2.24, 2.45) is 11.8 Å². The molecule has 0 aliphatic heterocycles. The monoisotopic (exact) mass is 168 g/mol. The molecule has 1 aliphatic carbocycles. The maximum atomic E-state index is 9.35. The third-order valence-corrected chi connectivity index (χ3v) is 2.42. The van der Waals surface area contributed by atoms with Crippen molar-refractivity contribution >= 4 is 51.4 Å². The van der Waals surface area contributed by atoms with Gasteiger partial charge in [-0.05, 0) is 24.7 Å². The molecule has 1 N–H and O–H groups in total. The molecule has 1 nitrogen and oxygen atoms in total. The van der Waals surface area contributed by atoms with Crippen molar-refractivity contribution in [1.29, 1.82) is 0 Å². The maximum absolute atomic E-state index is 9.35. The third-order valence-electron chi connectivity index (χ3n) is 2.42. The van der Waals surface area contributed by atoms with E-state index in [1.807, 2.05) is 0 Å². The number of hydrogen-bond donors (Lipinski definition) is 1.